The van der Waals surface area contributed by atoms with Crippen LogP contribution < -0.4 is 5.32 Å². The van der Waals surface area contributed by atoms with Crippen LogP contribution in [0.25, 0.3) is 22.4 Å². The zero-order chi connectivity index (χ0) is 15.4. The van der Waals surface area contributed by atoms with E-state index in [1.165, 1.54) is 22.3 Å². The second-order valence-corrected chi connectivity index (χ2v) is 5.53. The molecule has 2 aromatic carbocycles. The minimum absolute atomic E-state index is 0.854. The molecule has 110 valence electrons. The molecule has 0 aliphatic rings. The molecule has 2 heteroatoms. The van der Waals surface area contributed by atoms with Gasteiger partial charge in [-0.15, -0.1) is 0 Å². The first kappa shape index (κ1) is 14.5. The van der Waals surface area contributed by atoms with Gasteiger partial charge in [0, 0.05) is 18.3 Å². The Morgan fingerprint density at radius 3 is 2.41 bits per heavy atom. The topological polar surface area (TPSA) is 24.9 Å². The van der Waals surface area contributed by atoms with Crippen LogP contribution in [-0.2, 0) is 6.54 Å². The van der Waals surface area contributed by atoms with Crippen molar-refractivity contribution in [3.05, 3.63) is 78.0 Å². The molecule has 3 aromatic rings. The molecule has 1 N–H and O–H groups in total. The Morgan fingerprint density at radius 1 is 0.864 bits per heavy atom. The van der Waals surface area contributed by atoms with Crippen molar-refractivity contribution >= 4 is 0 Å². The van der Waals surface area contributed by atoms with E-state index in [2.05, 4.69) is 65.8 Å². The third kappa shape index (κ3) is 3.23. The van der Waals surface area contributed by atoms with E-state index in [9.17, 15) is 0 Å². The molecule has 0 aliphatic heterocycles. The van der Waals surface area contributed by atoms with E-state index in [1.54, 1.807) is 0 Å². The van der Waals surface area contributed by atoms with E-state index in [0.717, 1.165) is 17.8 Å². The number of hydrogen-bond donors (Lipinski definition) is 1. The quantitative estimate of drug-likeness (QED) is 0.767. The number of benzene rings is 2. The van der Waals surface area contributed by atoms with Gasteiger partial charge in [-0.25, -0.2) is 0 Å². The molecule has 2 nitrogen and oxygen atoms in total. The summed E-state index contributed by atoms with van der Waals surface area (Å²) in [4.78, 5) is 4.54. The summed E-state index contributed by atoms with van der Waals surface area (Å²) < 4.78 is 0. The van der Waals surface area contributed by atoms with Crippen molar-refractivity contribution in [1.29, 1.82) is 0 Å². The van der Waals surface area contributed by atoms with E-state index >= 15 is 0 Å². The zero-order valence-corrected chi connectivity index (χ0v) is 13.0. The van der Waals surface area contributed by atoms with Crippen LogP contribution >= 0.6 is 0 Å². The number of pyridine rings is 1. The maximum absolute atomic E-state index is 4.54. The summed E-state index contributed by atoms with van der Waals surface area (Å²) in [6.45, 7) is 2.99. The zero-order valence-electron chi connectivity index (χ0n) is 13.0. The Hall–Kier alpha value is -2.45. The summed E-state index contributed by atoms with van der Waals surface area (Å²) in [7, 11) is 1.96. The summed E-state index contributed by atoms with van der Waals surface area (Å²) in [5, 5.41) is 3.18. The van der Waals surface area contributed by atoms with Crippen LogP contribution in [0, 0.1) is 6.92 Å². The van der Waals surface area contributed by atoms with Crippen LogP contribution in [0.5, 0.6) is 0 Å². The number of nitrogens with zero attached hydrogens (tertiary/aromatic N) is 1. The lowest BCUT2D eigenvalue weighted by Gasteiger charge is -2.09. The summed E-state index contributed by atoms with van der Waals surface area (Å²) >= 11 is 0. The van der Waals surface area contributed by atoms with E-state index in [-0.39, 0.29) is 0 Å². The first-order chi connectivity index (χ1) is 10.8. The van der Waals surface area contributed by atoms with Crippen molar-refractivity contribution in [3.63, 3.8) is 0 Å². The van der Waals surface area contributed by atoms with Gasteiger partial charge in [0.2, 0.25) is 0 Å². The SMILES string of the molecule is CNCc1ccnc(-c2cc(C)cc(-c3ccccc3)c2)c1. The van der Waals surface area contributed by atoms with Gasteiger partial charge in [0.1, 0.15) is 0 Å². The van der Waals surface area contributed by atoms with Crippen molar-refractivity contribution in [1.82, 2.24) is 10.3 Å². The summed E-state index contributed by atoms with van der Waals surface area (Å²) in [5.41, 5.74) is 7.15. The number of nitrogens with one attached hydrogen (secondary N) is 1. The van der Waals surface area contributed by atoms with Gasteiger partial charge in [0.25, 0.3) is 0 Å². The highest BCUT2D eigenvalue weighted by Crippen LogP contribution is 2.27. The first-order valence-corrected chi connectivity index (χ1v) is 7.53. The van der Waals surface area contributed by atoms with E-state index in [0.29, 0.717) is 0 Å². The highest BCUT2D eigenvalue weighted by molar-refractivity contribution is 5.72. The van der Waals surface area contributed by atoms with Crippen LogP contribution in [0.15, 0.2) is 66.9 Å². The normalized spacial score (nSPS) is 10.6. The van der Waals surface area contributed by atoms with Crippen molar-refractivity contribution in [2.24, 2.45) is 0 Å². The lowest BCUT2D eigenvalue weighted by Crippen LogP contribution is -2.05. The summed E-state index contributed by atoms with van der Waals surface area (Å²) in [6.07, 6.45) is 1.88. The van der Waals surface area contributed by atoms with Crippen LogP contribution in [0.2, 0.25) is 0 Å². The van der Waals surface area contributed by atoms with Crippen molar-refractivity contribution < 1.29 is 0 Å². The van der Waals surface area contributed by atoms with Crippen LogP contribution in [-0.4, -0.2) is 12.0 Å². The molecule has 0 saturated carbocycles. The van der Waals surface area contributed by atoms with Gasteiger partial charge in [-0.3, -0.25) is 4.98 Å². The van der Waals surface area contributed by atoms with Gasteiger partial charge in [-0.2, -0.15) is 0 Å². The molecule has 0 bridgehead atoms. The fourth-order valence-corrected chi connectivity index (χ4v) is 2.67. The second-order valence-electron chi connectivity index (χ2n) is 5.53. The maximum atomic E-state index is 4.54. The van der Waals surface area contributed by atoms with Crippen molar-refractivity contribution in [3.8, 4) is 22.4 Å². The molecule has 22 heavy (non-hydrogen) atoms. The Labute approximate surface area is 131 Å². The smallest absolute Gasteiger partial charge is 0.0705 e. The van der Waals surface area contributed by atoms with E-state index in [1.807, 2.05) is 25.4 Å². The maximum Gasteiger partial charge on any atom is 0.0705 e. The number of rotatable bonds is 4. The fourth-order valence-electron chi connectivity index (χ4n) is 2.67. The molecule has 0 aliphatic carbocycles. The molecule has 1 aromatic heterocycles. The molecule has 1 heterocycles. The molecular formula is C20H20N2. The van der Waals surface area contributed by atoms with Gasteiger partial charge in [0.05, 0.1) is 5.69 Å². The highest BCUT2D eigenvalue weighted by atomic mass is 14.8. The predicted octanol–water partition coefficient (Wildman–Crippen LogP) is 4.44. The lowest BCUT2D eigenvalue weighted by atomic mass is 9.98. The fraction of sp³-hybridized carbons (Fsp3) is 0.150. The molecule has 0 radical (unpaired) electrons. The molecule has 0 atom stereocenters. The van der Waals surface area contributed by atoms with Gasteiger partial charge >= 0.3 is 0 Å². The lowest BCUT2D eigenvalue weighted by molar-refractivity contribution is 0.816. The minimum atomic E-state index is 0.854. The van der Waals surface area contributed by atoms with Crippen molar-refractivity contribution in [2.75, 3.05) is 7.05 Å². The second kappa shape index (κ2) is 6.54. The van der Waals surface area contributed by atoms with E-state index < -0.39 is 0 Å². The minimum Gasteiger partial charge on any atom is -0.316 e. The van der Waals surface area contributed by atoms with Gasteiger partial charge in [-0.1, -0.05) is 36.4 Å². The van der Waals surface area contributed by atoms with Crippen LogP contribution in [0.3, 0.4) is 0 Å². The molecule has 0 amide bonds. The standard InChI is InChI=1S/C20H20N2/c1-15-10-18(17-6-4-3-5-7-17)13-19(11-15)20-12-16(14-21-2)8-9-22-20/h3-13,21H,14H2,1-2H3. The number of aromatic nitrogens is 1. The Bertz CT molecular complexity index is 764. The monoisotopic (exact) mass is 288 g/mol. The molecule has 3 rings (SSSR count). The highest BCUT2D eigenvalue weighted by Gasteiger charge is 2.05. The predicted molar refractivity (Wildman–Crippen MR) is 92.6 cm³/mol. The largest absolute Gasteiger partial charge is 0.316 e. The average Bonchev–Trinajstić information content (AvgIpc) is 2.56. The van der Waals surface area contributed by atoms with E-state index in [4.69, 9.17) is 0 Å². The molecule has 0 fully saturated rings. The molecule has 0 unspecified atom stereocenters. The summed E-state index contributed by atoms with van der Waals surface area (Å²) in [5.74, 6) is 0. The van der Waals surface area contributed by atoms with Crippen LogP contribution in [0.4, 0.5) is 0 Å². The number of aryl methyl sites for hydroxylation is 1. The Balaban J connectivity index is 2.04. The van der Waals surface area contributed by atoms with Gasteiger partial charge in [0.15, 0.2) is 0 Å². The Morgan fingerprint density at radius 2 is 1.64 bits per heavy atom. The van der Waals surface area contributed by atoms with Gasteiger partial charge < -0.3 is 5.32 Å². The average molecular weight is 288 g/mol. The third-order valence-corrected chi connectivity index (χ3v) is 3.69. The van der Waals surface area contributed by atoms with Crippen molar-refractivity contribution in [2.45, 2.75) is 13.5 Å². The number of hydrogen-bond acceptors (Lipinski definition) is 2. The van der Waals surface area contributed by atoms with Crippen LogP contribution in [0.1, 0.15) is 11.1 Å². The molecule has 0 spiro atoms. The Kier molecular flexibility index (Phi) is 4.31. The first-order valence-electron chi connectivity index (χ1n) is 7.53. The third-order valence-electron chi connectivity index (χ3n) is 3.69. The molecular weight excluding hydrogens is 268 g/mol. The van der Waals surface area contributed by atoms with Gasteiger partial charge in [-0.05, 0) is 60.5 Å². The summed E-state index contributed by atoms with van der Waals surface area (Å²) in [6, 6.07) is 21.3. The molecule has 0 saturated heterocycles.